The third-order valence-electron chi connectivity index (χ3n) is 4.48. The van der Waals surface area contributed by atoms with E-state index in [9.17, 15) is 8.42 Å². The first kappa shape index (κ1) is 16.9. The van der Waals surface area contributed by atoms with Gasteiger partial charge in [-0.1, -0.05) is 20.8 Å². The van der Waals surface area contributed by atoms with Gasteiger partial charge in [-0.2, -0.15) is 0 Å². The van der Waals surface area contributed by atoms with Gasteiger partial charge in [0.15, 0.2) is 0 Å². The van der Waals surface area contributed by atoms with E-state index in [0.29, 0.717) is 5.92 Å². The molecule has 0 amide bonds. The lowest BCUT2D eigenvalue weighted by Crippen LogP contribution is -2.44. The first-order valence-corrected chi connectivity index (χ1v) is 8.92. The van der Waals surface area contributed by atoms with E-state index in [0.717, 1.165) is 32.4 Å². The van der Waals surface area contributed by atoms with Gasteiger partial charge in [0.25, 0.3) is 0 Å². The van der Waals surface area contributed by atoms with Crippen molar-refractivity contribution >= 4 is 10.0 Å². The van der Waals surface area contributed by atoms with E-state index in [2.05, 4.69) is 26.1 Å². The van der Waals surface area contributed by atoms with Crippen LogP contribution in [0, 0.1) is 11.3 Å². The fourth-order valence-electron chi connectivity index (χ4n) is 2.42. The molecule has 1 atom stereocenters. The maximum atomic E-state index is 12.4. The molecule has 1 saturated heterocycles. The Labute approximate surface area is 119 Å². The van der Waals surface area contributed by atoms with Crippen molar-refractivity contribution in [2.45, 2.75) is 53.0 Å². The Balaban J connectivity index is 2.55. The van der Waals surface area contributed by atoms with Gasteiger partial charge in [0.05, 0.1) is 5.75 Å². The average molecular weight is 290 g/mol. The van der Waals surface area contributed by atoms with Crippen LogP contribution >= 0.6 is 0 Å². The molecule has 0 spiro atoms. The first-order valence-electron chi connectivity index (χ1n) is 7.31. The number of hydrogen-bond donors (Lipinski definition) is 1. The highest BCUT2D eigenvalue weighted by molar-refractivity contribution is 7.89. The van der Waals surface area contributed by atoms with E-state index in [-0.39, 0.29) is 17.2 Å². The molecule has 0 bridgehead atoms. The Bertz CT molecular complexity index is 367. The van der Waals surface area contributed by atoms with Crippen molar-refractivity contribution in [3.05, 3.63) is 0 Å². The van der Waals surface area contributed by atoms with Crippen molar-refractivity contribution in [2.75, 3.05) is 25.9 Å². The fourth-order valence-corrected chi connectivity index (χ4v) is 4.13. The molecule has 1 N–H and O–H groups in total. The normalized spacial score (nSPS) is 20.7. The molecule has 5 heteroatoms. The van der Waals surface area contributed by atoms with Crippen LogP contribution in [0.5, 0.6) is 0 Å². The maximum absolute atomic E-state index is 12.4. The smallest absolute Gasteiger partial charge is 0.214 e. The van der Waals surface area contributed by atoms with Gasteiger partial charge in [0.2, 0.25) is 10.0 Å². The van der Waals surface area contributed by atoms with E-state index in [4.69, 9.17) is 0 Å². The van der Waals surface area contributed by atoms with E-state index >= 15 is 0 Å². The van der Waals surface area contributed by atoms with Crippen LogP contribution in [0.25, 0.3) is 0 Å². The summed E-state index contributed by atoms with van der Waals surface area (Å²) in [7, 11) is -1.41. The Morgan fingerprint density at radius 2 is 1.79 bits per heavy atom. The van der Waals surface area contributed by atoms with Crippen molar-refractivity contribution in [3.8, 4) is 0 Å². The maximum Gasteiger partial charge on any atom is 0.214 e. The summed E-state index contributed by atoms with van der Waals surface area (Å²) in [6, 6.07) is 0.0190. The number of nitrogens with zero attached hydrogens (tertiary/aromatic N) is 1. The van der Waals surface area contributed by atoms with E-state index in [1.165, 1.54) is 0 Å². The lowest BCUT2D eigenvalue weighted by Gasteiger charge is -2.35. The molecule has 1 unspecified atom stereocenters. The topological polar surface area (TPSA) is 49.4 Å². The molecular weight excluding hydrogens is 260 g/mol. The fraction of sp³-hybridized carbons (Fsp3) is 1.00. The quantitative estimate of drug-likeness (QED) is 0.843. The van der Waals surface area contributed by atoms with Gasteiger partial charge in [-0.3, -0.25) is 0 Å². The number of rotatable bonds is 5. The largest absolute Gasteiger partial charge is 0.317 e. The summed E-state index contributed by atoms with van der Waals surface area (Å²) in [5, 5.41) is 3.31. The second-order valence-electron chi connectivity index (χ2n) is 6.86. The molecule has 4 nitrogen and oxygen atoms in total. The molecule has 0 aromatic heterocycles. The van der Waals surface area contributed by atoms with E-state index < -0.39 is 10.0 Å². The van der Waals surface area contributed by atoms with Crippen LogP contribution < -0.4 is 5.32 Å². The molecule has 19 heavy (non-hydrogen) atoms. The first-order chi connectivity index (χ1) is 8.64. The second kappa shape index (κ2) is 6.55. The van der Waals surface area contributed by atoms with Gasteiger partial charge >= 0.3 is 0 Å². The van der Waals surface area contributed by atoms with Crippen molar-refractivity contribution in [2.24, 2.45) is 11.3 Å². The summed E-state index contributed by atoms with van der Waals surface area (Å²) in [5.74, 6) is 0.851. The Morgan fingerprint density at radius 1 is 1.26 bits per heavy atom. The van der Waals surface area contributed by atoms with Gasteiger partial charge < -0.3 is 5.32 Å². The molecule has 1 fully saturated rings. The zero-order chi connectivity index (χ0) is 14.7. The minimum atomic E-state index is -3.13. The van der Waals surface area contributed by atoms with Crippen LogP contribution in [-0.2, 0) is 10.0 Å². The molecule has 114 valence electrons. The number of sulfonamides is 1. The summed E-state index contributed by atoms with van der Waals surface area (Å²) in [5.41, 5.74) is -0.0312. The second-order valence-corrected chi connectivity index (χ2v) is 9.00. The third kappa shape index (κ3) is 5.04. The average Bonchev–Trinajstić information content (AvgIpc) is 2.35. The Kier molecular flexibility index (Phi) is 5.83. The predicted molar refractivity (Wildman–Crippen MR) is 80.7 cm³/mol. The third-order valence-corrected chi connectivity index (χ3v) is 6.43. The van der Waals surface area contributed by atoms with Crippen LogP contribution in [0.15, 0.2) is 0 Å². The van der Waals surface area contributed by atoms with Gasteiger partial charge in [-0.25, -0.2) is 12.7 Å². The summed E-state index contributed by atoms with van der Waals surface area (Å²) >= 11 is 0. The van der Waals surface area contributed by atoms with Crippen LogP contribution in [0.4, 0.5) is 0 Å². The molecule has 0 aromatic rings. The summed E-state index contributed by atoms with van der Waals surface area (Å²) in [6.07, 6.45) is 3.01. The minimum Gasteiger partial charge on any atom is -0.317 e. The van der Waals surface area contributed by atoms with Gasteiger partial charge in [-0.15, -0.1) is 0 Å². The minimum absolute atomic E-state index is 0.0190. The zero-order valence-corrected chi connectivity index (χ0v) is 13.9. The molecule has 0 aliphatic carbocycles. The number of hydrogen-bond acceptors (Lipinski definition) is 3. The lowest BCUT2D eigenvalue weighted by atomic mass is 9.88. The molecule has 1 aliphatic heterocycles. The molecule has 1 heterocycles. The Hall–Kier alpha value is -0.130. The lowest BCUT2D eigenvalue weighted by molar-refractivity contribution is 0.216. The van der Waals surface area contributed by atoms with Crippen LogP contribution in [0.3, 0.4) is 0 Å². The highest BCUT2D eigenvalue weighted by Gasteiger charge is 2.31. The number of nitrogens with one attached hydrogen (secondary N) is 1. The predicted octanol–water partition coefficient (Wildman–Crippen LogP) is 2.07. The standard InChI is InChI=1S/C14H30N2O2S/c1-12(14(2,3)4)16(5)19(17,18)11-8-13-6-9-15-10-7-13/h12-13,15H,6-11H2,1-5H3. The van der Waals surface area contributed by atoms with E-state index in [1.54, 1.807) is 11.4 Å². The Morgan fingerprint density at radius 3 is 2.26 bits per heavy atom. The molecular formula is C14H30N2O2S. The van der Waals surface area contributed by atoms with Crippen molar-refractivity contribution < 1.29 is 8.42 Å². The van der Waals surface area contributed by atoms with Crippen molar-refractivity contribution in [3.63, 3.8) is 0 Å². The highest BCUT2D eigenvalue weighted by atomic mass is 32.2. The van der Waals surface area contributed by atoms with Gasteiger partial charge in [0, 0.05) is 13.1 Å². The SMILES string of the molecule is CC(N(C)S(=O)(=O)CCC1CCNCC1)C(C)(C)C. The monoisotopic (exact) mass is 290 g/mol. The zero-order valence-electron chi connectivity index (χ0n) is 13.1. The van der Waals surface area contributed by atoms with Crippen molar-refractivity contribution in [1.29, 1.82) is 0 Å². The molecule has 0 radical (unpaired) electrons. The van der Waals surface area contributed by atoms with Gasteiger partial charge in [-0.05, 0) is 50.6 Å². The van der Waals surface area contributed by atoms with E-state index in [1.807, 2.05) is 6.92 Å². The van der Waals surface area contributed by atoms with Gasteiger partial charge in [0.1, 0.15) is 0 Å². The number of piperidine rings is 1. The molecule has 0 saturated carbocycles. The molecule has 1 rings (SSSR count). The highest BCUT2D eigenvalue weighted by Crippen LogP contribution is 2.26. The summed E-state index contributed by atoms with van der Waals surface area (Å²) in [4.78, 5) is 0. The molecule has 1 aliphatic rings. The van der Waals surface area contributed by atoms with Crippen molar-refractivity contribution in [1.82, 2.24) is 9.62 Å². The summed E-state index contributed by atoms with van der Waals surface area (Å²) in [6.45, 7) is 10.3. The molecule has 0 aromatic carbocycles. The summed E-state index contributed by atoms with van der Waals surface area (Å²) < 4.78 is 26.3. The van der Waals surface area contributed by atoms with Crippen LogP contribution in [-0.4, -0.2) is 44.7 Å². The van der Waals surface area contributed by atoms with Crippen LogP contribution in [0.2, 0.25) is 0 Å². The van der Waals surface area contributed by atoms with Crippen LogP contribution in [0.1, 0.15) is 47.0 Å².